The molecule has 8 heteroatoms. The van der Waals surface area contributed by atoms with Gasteiger partial charge in [-0.25, -0.2) is 0 Å². The first-order valence-corrected chi connectivity index (χ1v) is 6.74. The summed E-state index contributed by atoms with van der Waals surface area (Å²) in [7, 11) is 0. The van der Waals surface area contributed by atoms with Crippen LogP contribution in [0, 0.1) is 0 Å². The molecular weight excluding hydrogens is 317 g/mol. The van der Waals surface area contributed by atoms with Gasteiger partial charge in [-0.1, -0.05) is 29.3 Å². The fraction of sp³-hybridized carbons (Fsp3) is 0.154. The monoisotopic (exact) mass is 325 g/mol. The largest absolute Gasteiger partial charge is 0.454 e. The predicted octanol–water partition coefficient (Wildman–Crippen LogP) is 2.44. The summed E-state index contributed by atoms with van der Waals surface area (Å²) in [6.45, 7) is 0.522. The van der Waals surface area contributed by atoms with Crippen molar-refractivity contribution < 1.29 is 14.3 Å². The molecule has 108 valence electrons. The van der Waals surface area contributed by atoms with Crippen molar-refractivity contribution in [1.82, 2.24) is 15.5 Å². The molecule has 0 radical (unpaired) electrons. The highest BCUT2D eigenvalue weighted by Crippen LogP contribution is 2.32. The third kappa shape index (κ3) is 3.01. The number of aromatic nitrogens is 2. The maximum Gasteiger partial charge on any atom is 0.254 e. The number of carbonyl (C=O) groups is 1. The van der Waals surface area contributed by atoms with Crippen LogP contribution in [0.15, 0.2) is 24.3 Å². The Morgan fingerprint density at radius 2 is 2.00 bits per heavy atom. The molecule has 0 aliphatic carbocycles. The van der Waals surface area contributed by atoms with Gasteiger partial charge in [0.05, 0.1) is 5.56 Å². The maximum absolute atomic E-state index is 12.0. The average Bonchev–Trinajstić information content (AvgIpc) is 2.94. The number of benzene rings is 1. The first kappa shape index (κ1) is 13.9. The molecule has 1 aromatic heterocycles. The Balaban J connectivity index is 1.70. The number of nitrogens with zero attached hydrogens (tertiary/aromatic N) is 2. The number of rotatable bonds is 3. The van der Waals surface area contributed by atoms with E-state index in [1.807, 2.05) is 12.1 Å². The van der Waals surface area contributed by atoms with Crippen LogP contribution in [0.2, 0.25) is 10.3 Å². The van der Waals surface area contributed by atoms with E-state index >= 15 is 0 Å². The molecule has 1 aliphatic rings. The van der Waals surface area contributed by atoms with Gasteiger partial charge in [0, 0.05) is 6.54 Å². The first-order chi connectivity index (χ1) is 10.1. The second-order valence-electron chi connectivity index (χ2n) is 4.24. The zero-order valence-electron chi connectivity index (χ0n) is 10.6. The lowest BCUT2D eigenvalue weighted by Gasteiger charge is -2.07. The second kappa shape index (κ2) is 5.75. The quantitative estimate of drug-likeness (QED) is 0.938. The molecule has 2 aromatic rings. The SMILES string of the molecule is O=C(NCc1ccc2c(c1)OCO2)c1cc(Cl)nnc1Cl. The molecule has 0 bridgehead atoms. The van der Waals surface area contributed by atoms with Gasteiger partial charge < -0.3 is 14.8 Å². The number of ether oxygens (including phenoxy) is 2. The average molecular weight is 326 g/mol. The number of fused-ring (bicyclic) bond motifs is 1. The molecule has 3 rings (SSSR count). The third-order valence-electron chi connectivity index (χ3n) is 2.85. The van der Waals surface area contributed by atoms with Crippen LogP contribution in [-0.2, 0) is 6.54 Å². The Morgan fingerprint density at radius 3 is 2.86 bits per heavy atom. The molecule has 0 saturated heterocycles. The van der Waals surface area contributed by atoms with Crippen molar-refractivity contribution in [2.45, 2.75) is 6.54 Å². The van der Waals surface area contributed by atoms with Crippen LogP contribution in [0.3, 0.4) is 0 Å². The molecule has 1 aromatic carbocycles. The fourth-order valence-electron chi connectivity index (χ4n) is 1.84. The van der Waals surface area contributed by atoms with Crippen LogP contribution < -0.4 is 14.8 Å². The minimum absolute atomic E-state index is 0.00240. The number of hydrogen-bond donors (Lipinski definition) is 1. The van der Waals surface area contributed by atoms with Crippen LogP contribution in [0.25, 0.3) is 0 Å². The third-order valence-corrected chi connectivity index (χ3v) is 3.32. The maximum atomic E-state index is 12.0. The summed E-state index contributed by atoms with van der Waals surface area (Å²) in [5.41, 5.74) is 1.05. The number of amides is 1. The number of halogens is 2. The Labute approximate surface area is 130 Å². The lowest BCUT2D eigenvalue weighted by atomic mass is 10.2. The van der Waals surface area contributed by atoms with Crippen molar-refractivity contribution >= 4 is 29.1 Å². The summed E-state index contributed by atoms with van der Waals surface area (Å²) in [5, 5.41) is 9.98. The highest BCUT2D eigenvalue weighted by molar-refractivity contribution is 6.34. The standard InChI is InChI=1S/C13H9Cl2N3O3/c14-11-4-8(12(15)18-17-11)13(19)16-5-7-1-2-9-10(3-7)21-6-20-9/h1-4H,5-6H2,(H,16,19). The molecule has 1 N–H and O–H groups in total. The Bertz CT molecular complexity index is 709. The molecule has 21 heavy (non-hydrogen) atoms. The highest BCUT2D eigenvalue weighted by atomic mass is 35.5. The summed E-state index contributed by atoms with van der Waals surface area (Å²) in [6.07, 6.45) is 0. The van der Waals surface area contributed by atoms with Crippen LogP contribution in [0.4, 0.5) is 0 Å². The second-order valence-corrected chi connectivity index (χ2v) is 4.99. The van der Waals surface area contributed by atoms with E-state index < -0.39 is 0 Å². The summed E-state index contributed by atoms with van der Waals surface area (Å²) in [5.74, 6) is 0.973. The molecule has 2 heterocycles. The van der Waals surface area contributed by atoms with E-state index in [4.69, 9.17) is 32.7 Å². The molecule has 0 spiro atoms. The Morgan fingerprint density at radius 1 is 1.19 bits per heavy atom. The van der Waals surface area contributed by atoms with E-state index in [0.717, 1.165) is 5.56 Å². The molecular formula is C13H9Cl2N3O3. The van der Waals surface area contributed by atoms with E-state index in [-0.39, 0.29) is 28.6 Å². The first-order valence-electron chi connectivity index (χ1n) is 5.99. The number of hydrogen-bond acceptors (Lipinski definition) is 5. The Hall–Kier alpha value is -2.05. The summed E-state index contributed by atoms with van der Waals surface area (Å²) >= 11 is 11.5. The summed E-state index contributed by atoms with van der Waals surface area (Å²) in [4.78, 5) is 12.0. The smallest absolute Gasteiger partial charge is 0.254 e. The van der Waals surface area contributed by atoms with Crippen LogP contribution in [0.5, 0.6) is 11.5 Å². The van der Waals surface area contributed by atoms with Crippen molar-refractivity contribution in [1.29, 1.82) is 0 Å². The van der Waals surface area contributed by atoms with Crippen molar-refractivity contribution in [2.75, 3.05) is 6.79 Å². The summed E-state index contributed by atoms with van der Waals surface area (Å²) in [6, 6.07) is 6.81. The van der Waals surface area contributed by atoms with Gasteiger partial charge in [0.25, 0.3) is 5.91 Å². The van der Waals surface area contributed by atoms with E-state index in [1.54, 1.807) is 6.07 Å². The minimum atomic E-state index is -0.380. The predicted molar refractivity (Wildman–Crippen MR) is 75.8 cm³/mol. The van der Waals surface area contributed by atoms with Gasteiger partial charge in [-0.2, -0.15) is 0 Å². The molecule has 1 amide bonds. The molecule has 0 unspecified atom stereocenters. The van der Waals surface area contributed by atoms with Crippen LogP contribution in [-0.4, -0.2) is 22.9 Å². The zero-order chi connectivity index (χ0) is 14.8. The van der Waals surface area contributed by atoms with Gasteiger partial charge in [0.1, 0.15) is 0 Å². The molecule has 6 nitrogen and oxygen atoms in total. The van der Waals surface area contributed by atoms with Crippen LogP contribution in [0.1, 0.15) is 15.9 Å². The van der Waals surface area contributed by atoms with Gasteiger partial charge >= 0.3 is 0 Å². The van der Waals surface area contributed by atoms with Gasteiger partial charge in [0.15, 0.2) is 21.8 Å². The molecule has 0 saturated carbocycles. The van der Waals surface area contributed by atoms with E-state index in [2.05, 4.69) is 15.5 Å². The molecule has 0 atom stereocenters. The zero-order valence-corrected chi connectivity index (χ0v) is 12.1. The van der Waals surface area contributed by atoms with Gasteiger partial charge in [0.2, 0.25) is 6.79 Å². The van der Waals surface area contributed by atoms with Gasteiger partial charge in [-0.3, -0.25) is 4.79 Å². The van der Waals surface area contributed by atoms with Crippen molar-refractivity contribution in [3.63, 3.8) is 0 Å². The van der Waals surface area contributed by atoms with Crippen molar-refractivity contribution in [3.8, 4) is 11.5 Å². The van der Waals surface area contributed by atoms with Gasteiger partial charge in [-0.05, 0) is 23.8 Å². The van der Waals surface area contributed by atoms with E-state index in [9.17, 15) is 4.79 Å². The number of carbonyl (C=O) groups excluding carboxylic acids is 1. The highest BCUT2D eigenvalue weighted by Gasteiger charge is 2.15. The summed E-state index contributed by atoms with van der Waals surface area (Å²) < 4.78 is 10.5. The van der Waals surface area contributed by atoms with E-state index in [0.29, 0.717) is 18.0 Å². The lowest BCUT2D eigenvalue weighted by molar-refractivity contribution is 0.0950. The number of nitrogens with one attached hydrogen (secondary N) is 1. The molecule has 1 aliphatic heterocycles. The Kier molecular flexibility index (Phi) is 3.81. The van der Waals surface area contributed by atoms with Gasteiger partial charge in [-0.15, -0.1) is 10.2 Å². The molecule has 0 fully saturated rings. The van der Waals surface area contributed by atoms with Crippen molar-refractivity contribution in [2.24, 2.45) is 0 Å². The lowest BCUT2D eigenvalue weighted by Crippen LogP contribution is -2.23. The van der Waals surface area contributed by atoms with Crippen molar-refractivity contribution in [3.05, 3.63) is 45.7 Å². The van der Waals surface area contributed by atoms with Crippen LogP contribution >= 0.6 is 23.2 Å². The van der Waals surface area contributed by atoms with E-state index in [1.165, 1.54) is 6.07 Å². The fourth-order valence-corrected chi connectivity index (χ4v) is 2.17. The topological polar surface area (TPSA) is 73.3 Å². The normalized spacial score (nSPS) is 12.3. The minimum Gasteiger partial charge on any atom is -0.454 e.